The Morgan fingerprint density at radius 3 is 2.71 bits per heavy atom. The largest absolute Gasteiger partial charge is 0.311 e. The van der Waals surface area contributed by atoms with E-state index in [9.17, 15) is 0 Å². The third-order valence-corrected chi connectivity index (χ3v) is 5.48. The maximum atomic E-state index is 3.80. The fourth-order valence-corrected chi connectivity index (χ4v) is 3.89. The van der Waals surface area contributed by atoms with E-state index < -0.39 is 0 Å². The van der Waals surface area contributed by atoms with E-state index in [1.807, 2.05) is 11.3 Å². The molecule has 1 fully saturated rings. The summed E-state index contributed by atoms with van der Waals surface area (Å²) >= 11 is 1.89. The molecule has 0 spiro atoms. The van der Waals surface area contributed by atoms with Gasteiger partial charge in [0, 0.05) is 36.6 Å². The number of piperazine rings is 1. The van der Waals surface area contributed by atoms with E-state index >= 15 is 0 Å². The first-order valence-corrected chi connectivity index (χ1v) is 9.24. The molecule has 2 unspecified atom stereocenters. The van der Waals surface area contributed by atoms with Crippen LogP contribution in [0.2, 0.25) is 0 Å². The minimum absolute atomic E-state index is 0.337. The summed E-state index contributed by atoms with van der Waals surface area (Å²) < 4.78 is 0. The lowest BCUT2D eigenvalue weighted by Gasteiger charge is -2.45. The summed E-state index contributed by atoms with van der Waals surface area (Å²) in [5.41, 5.74) is 0.337. The van der Waals surface area contributed by atoms with Crippen LogP contribution in [0.15, 0.2) is 17.5 Å². The minimum Gasteiger partial charge on any atom is -0.311 e. The molecule has 2 rings (SSSR count). The van der Waals surface area contributed by atoms with Crippen LogP contribution in [0.5, 0.6) is 0 Å². The van der Waals surface area contributed by atoms with Crippen LogP contribution in [0.3, 0.4) is 0 Å². The molecule has 21 heavy (non-hydrogen) atoms. The normalized spacial score (nSPS) is 24.7. The van der Waals surface area contributed by atoms with Crippen molar-refractivity contribution in [1.82, 2.24) is 10.2 Å². The molecule has 2 nitrogen and oxygen atoms in total. The SMILES string of the molecule is CC(C)CC1CNC(C(C)(C)C)CN1CCc1cccs1. The van der Waals surface area contributed by atoms with E-state index in [0.717, 1.165) is 12.5 Å². The second-order valence-electron chi connectivity index (χ2n) is 7.93. The Kier molecular flexibility index (Phi) is 5.87. The molecular formula is C18H32N2S. The zero-order valence-electron chi connectivity index (χ0n) is 14.4. The molecule has 1 aliphatic heterocycles. The predicted molar refractivity (Wildman–Crippen MR) is 94.1 cm³/mol. The summed E-state index contributed by atoms with van der Waals surface area (Å²) in [4.78, 5) is 4.26. The lowest BCUT2D eigenvalue weighted by molar-refractivity contribution is 0.0763. The quantitative estimate of drug-likeness (QED) is 0.883. The third-order valence-electron chi connectivity index (χ3n) is 4.55. The van der Waals surface area contributed by atoms with Crippen LogP contribution < -0.4 is 5.32 Å². The summed E-state index contributed by atoms with van der Waals surface area (Å²) in [5.74, 6) is 0.771. The van der Waals surface area contributed by atoms with Crippen molar-refractivity contribution in [3.8, 4) is 0 Å². The van der Waals surface area contributed by atoms with Crippen molar-refractivity contribution in [1.29, 1.82) is 0 Å². The van der Waals surface area contributed by atoms with Crippen LogP contribution >= 0.6 is 11.3 Å². The maximum Gasteiger partial charge on any atom is 0.0244 e. The third kappa shape index (κ3) is 5.08. The van der Waals surface area contributed by atoms with Gasteiger partial charge in [-0.25, -0.2) is 0 Å². The van der Waals surface area contributed by atoms with Crippen LogP contribution in [0.1, 0.15) is 45.9 Å². The van der Waals surface area contributed by atoms with E-state index in [-0.39, 0.29) is 0 Å². The molecule has 2 atom stereocenters. The van der Waals surface area contributed by atoms with Gasteiger partial charge in [-0.05, 0) is 35.6 Å². The fraction of sp³-hybridized carbons (Fsp3) is 0.778. The summed E-state index contributed by atoms with van der Waals surface area (Å²) in [6.07, 6.45) is 2.50. The number of nitrogens with one attached hydrogen (secondary N) is 1. The molecular weight excluding hydrogens is 276 g/mol. The predicted octanol–water partition coefficient (Wildman–Crippen LogP) is 4.03. The van der Waals surface area contributed by atoms with Crippen LogP contribution in [0, 0.1) is 11.3 Å². The van der Waals surface area contributed by atoms with Gasteiger partial charge in [0.05, 0.1) is 0 Å². The van der Waals surface area contributed by atoms with Gasteiger partial charge >= 0.3 is 0 Å². The Morgan fingerprint density at radius 1 is 1.38 bits per heavy atom. The number of hydrogen-bond acceptors (Lipinski definition) is 3. The smallest absolute Gasteiger partial charge is 0.0244 e. The highest BCUT2D eigenvalue weighted by atomic mass is 32.1. The zero-order chi connectivity index (χ0) is 15.5. The van der Waals surface area contributed by atoms with Gasteiger partial charge in [0.15, 0.2) is 0 Å². The van der Waals surface area contributed by atoms with Crippen molar-refractivity contribution in [2.75, 3.05) is 19.6 Å². The number of nitrogens with zero attached hydrogens (tertiary/aromatic N) is 1. The van der Waals surface area contributed by atoms with Gasteiger partial charge in [-0.1, -0.05) is 40.7 Å². The van der Waals surface area contributed by atoms with Gasteiger partial charge < -0.3 is 5.32 Å². The highest BCUT2D eigenvalue weighted by molar-refractivity contribution is 7.09. The summed E-state index contributed by atoms with van der Waals surface area (Å²) in [5, 5.41) is 5.99. The van der Waals surface area contributed by atoms with Gasteiger partial charge in [0.2, 0.25) is 0 Å². The second-order valence-corrected chi connectivity index (χ2v) is 8.97. The zero-order valence-corrected chi connectivity index (χ0v) is 15.2. The molecule has 120 valence electrons. The molecule has 0 aromatic carbocycles. The van der Waals surface area contributed by atoms with Crippen molar-refractivity contribution in [3.63, 3.8) is 0 Å². The first-order valence-electron chi connectivity index (χ1n) is 8.36. The highest BCUT2D eigenvalue weighted by Crippen LogP contribution is 2.25. The molecule has 1 aromatic rings. The highest BCUT2D eigenvalue weighted by Gasteiger charge is 2.33. The number of hydrogen-bond donors (Lipinski definition) is 1. The second kappa shape index (κ2) is 7.26. The van der Waals surface area contributed by atoms with Gasteiger partial charge in [0.25, 0.3) is 0 Å². The average Bonchev–Trinajstić information content (AvgIpc) is 2.88. The standard InChI is InChI=1S/C18H32N2S/c1-14(2)11-15-12-19-17(18(3,4)5)13-20(15)9-8-16-7-6-10-21-16/h6-7,10,14-15,17,19H,8-9,11-13H2,1-5H3. The first kappa shape index (κ1) is 17.0. The first-order chi connectivity index (χ1) is 9.86. The topological polar surface area (TPSA) is 15.3 Å². The summed E-state index contributed by atoms with van der Waals surface area (Å²) in [7, 11) is 0. The molecule has 1 saturated heterocycles. The van der Waals surface area contributed by atoms with Gasteiger partial charge in [-0.15, -0.1) is 11.3 Å². The molecule has 0 saturated carbocycles. The Hall–Kier alpha value is -0.380. The molecule has 1 N–H and O–H groups in total. The average molecular weight is 309 g/mol. The van der Waals surface area contributed by atoms with Crippen LogP contribution in [0.4, 0.5) is 0 Å². The van der Waals surface area contributed by atoms with Gasteiger partial charge in [0.1, 0.15) is 0 Å². The summed E-state index contributed by atoms with van der Waals surface area (Å²) in [6, 6.07) is 5.74. The van der Waals surface area contributed by atoms with E-state index in [1.165, 1.54) is 30.8 Å². The maximum absolute atomic E-state index is 3.80. The van der Waals surface area contributed by atoms with E-state index in [2.05, 4.69) is 62.3 Å². The number of rotatable bonds is 5. The van der Waals surface area contributed by atoms with Crippen molar-refractivity contribution < 1.29 is 0 Å². The fourth-order valence-electron chi connectivity index (χ4n) is 3.19. The van der Waals surface area contributed by atoms with E-state index in [1.54, 1.807) is 0 Å². The Labute approximate surface area is 134 Å². The molecule has 1 aromatic heterocycles. The van der Waals surface area contributed by atoms with Crippen molar-refractivity contribution >= 4 is 11.3 Å². The monoisotopic (exact) mass is 308 g/mol. The van der Waals surface area contributed by atoms with Gasteiger partial charge in [-0.2, -0.15) is 0 Å². The minimum atomic E-state index is 0.337. The molecule has 0 aliphatic carbocycles. The molecule has 3 heteroatoms. The molecule has 0 bridgehead atoms. The summed E-state index contributed by atoms with van der Waals surface area (Å²) in [6.45, 7) is 15.3. The Morgan fingerprint density at radius 2 is 2.14 bits per heavy atom. The van der Waals surface area contributed by atoms with Crippen LogP contribution in [-0.2, 0) is 6.42 Å². The van der Waals surface area contributed by atoms with Crippen LogP contribution in [0.25, 0.3) is 0 Å². The molecule has 0 radical (unpaired) electrons. The van der Waals surface area contributed by atoms with Gasteiger partial charge in [-0.3, -0.25) is 4.90 Å². The Balaban J connectivity index is 1.98. The number of thiophene rings is 1. The van der Waals surface area contributed by atoms with E-state index in [4.69, 9.17) is 0 Å². The van der Waals surface area contributed by atoms with Crippen LogP contribution in [-0.4, -0.2) is 36.6 Å². The van der Waals surface area contributed by atoms with Crippen molar-refractivity contribution in [2.24, 2.45) is 11.3 Å². The lowest BCUT2D eigenvalue weighted by atomic mass is 9.84. The molecule has 0 amide bonds. The van der Waals surface area contributed by atoms with E-state index in [0.29, 0.717) is 17.5 Å². The molecule has 2 heterocycles. The Bertz CT molecular complexity index is 405. The van der Waals surface area contributed by atoms with Crippen molar-refractivity contribution in [2.45, 2.75) is 59.5 Å². The lowest BCUT2D eigenvalue weighted by Crippen LogP contribution is -2.60. The van der Waals surface area contributed by atoms with Crippen molar-refractivity contribution in [3.05, 3.63) is 22.4 Å². The molecule has 1 aliphatic rings.